The van der Waals surface area contributed by atoms with Gasteiger partial charge in [-0.3, -0.25) is 0 Å². The smallest absolute Gasteiger partial charge is 0.331 e. The largest absolute Gasteiger partial charge is 0.463 e. The van der Waals surface area contributed by atoms with Gasteiger partial charge >= 0.3 is 5.97 Å². The van der Waals surface area contributed by atoms with Gasteiger partial charge in [-0.2, -0.15) is 0 Å². The third kappa shape index (κ3) is 4.73. The number of carbonyl (C=O) groups is 1. The first-order valence-electron chi connectivity index (χ1n) is 7.53. The first-order valence-corrected chi connectivity index (χ1v) is 8.32. The number of alkyl halides is 2. The van der Waals surface area contributed by atoms with Crippen LogP contribution in [0.1, 0.15) is 32.3 Å². The van der Waals surface area contributed by atoms with Crippen molar-refractivity contribution in [3.63, 3.8) is 0 Å². The Bertz CT molecular complexity index is 642. The quantitative estimate of drug-likeness (QED) is 0.561. The Morgan fingerprint density at radius 3 is 2.83 bits per heavy atom. The van der Waals surface area contributed by atoms with E-state index in [9.17, 15) is 18.7 Å². The predicted molar refractivity (Wildman–Crippen MR) is 89.8 cm³/mol. The molecule has 0 aromatic carbocycles. The molecule has 8 heteroatoms. The summed E-state index contributed by atoms with van der Waals surface area (Å²) in [6, 6.07) is 1.41. The molecule has 0 saturated heterocycles. The van der Waals surface area contributed by atoms with Gasteiger partial charge in [0.25, 0.3) is 6.43 Å². The van der Waals surface area contributed by atoms with Gasteiger partial charge < -0.3 is 15.2 Å². The Labute approximate surface area is 147 Å². The van der Waals surface area contributed by atoms with E-state index in [0.717, 1.165) is 6.08 Å². The fourth-order valence-electron chi connectivity index (χ4n) is 2.64. The van der Waals surface area contributed by atoms with Crippen molar-refractivity contribution in [2.45, 2.75) is 44.8 Å². The highest BCUT2D eigenvalue weighted by Gasteiger charge is 2.39. The van der Waals surface area contributed by atoms with Gasteiger partial charge in [0.15, 0.2) is 0 Å². The summed E-state index contributed by atoms with van der Waals surface area (Å²) in [6.45, 7) is 3.42. The van der Waals surface area contributed by atoms with E-state index in [0.29, 0.717) is 17.3 Å². The summed E-state index contributed by atoms with van der Waals surface area (Å²) < 4.78 is 32.2. The first kappa shape index (κ1) is 18.8. The number of hydrogen-bond donors (Lipinski definition) is 2. The summed E-state index contributed by atoms with van der Waals surface area (Å²) in [6.07, 6.45) is 0.400. The molecule has 1 saturated carbocycles. The minimum Gasteiger partial charge on any atom is -0.463 e. The Kier molecular flexibility index (Phi) is 5.92. The molecule has 1 fully saturated rings. The minimum atomic E-state index is -2.87. The van der Waals surface area contributed by atoms with E-state index in [1.54, 1.807) is 13.8 Å². The highest BCUT2D eigenvalue weighted by Crippen LogP contribution is 2.36. The number of nitrogens with one attached hydrogen (secondary N) is 1. The lowest BCUT2D eigenvalue weighted by Gasteiger charge is -2.41. The lowest BCUT2D eigenvalue weighted by Crippen LogP contribution is -2.48. The second-order valence-electron chi connectivity index (χ2n) is 5.95. The number of nitrogens with zero attached hydrogens (tertiary/aromatic N) is 1. The molecule has 1 aromatic rings. The number of rotatable bonds is 6. The summed E-state index contributed by atoms with van der Waals surface area (Å²) >= 11 is 3.21. The van der Waals surface area contributed by atoms with Gasteiger partial charge in [-0.1, -0.05) is 0 Å². The standard InChI is InChI=1S/C16H19BrF2N2O3/c1-3-24-13(22)5-11(14(18)19)12-4-9(17)8-20-15(12)21-10-6-16(2,23)7-10/h4-5,8,10,14,23H,3,6-7H2,1-2H3,(H,20,21)/t10-,16+. The van der Waals surface area contributed by atoms with E-state index in [1.165, 1.54) is 12.3 Å². The molecule has 0 radical (unpaired) electrons. The lowest BCUT2D eigenvalue weighted by atomic mass is 9.77. The molecule has 0 amide bonds. The van der Waals surface area contributed by atoms with E-state index in [4.69, 9.17) is 4.74 Å². The first-order chi connectivity index (χ1) is 11.2. The zero-order valence-electron chi connectivity index (χ0n) is 13.4. The average Bonchev–Trinajstić information content (AvgIpc) is 2.45. The number of ether oxygens (including phenoxy) is 1. The van der Waals surface area contributed by atoms with Crippen LogP contribution in [0, 0.1) is 0 Å². The fourth-order valence-corrected chi connectivity index (χ4v) is 2.97. The number of aromatic nitrogens is 1. The molecule has 1 aromatic heterocycles. The normalized spacial score (nSPS) is 23.8. The second kappa shape index (κ2) is 7.57. The monoisotopic (exact) mass is 404 g/mol. The van der Waals surface area contributed by atoms with Crippen LogP contribution in [0.2, 0.25) is 0 Å². The van der Waals surface area contributed by atoms with Crippen molar-refractivity contribution in [3.8, 4) is 0 Å². The van der Waals surface area contributed by atoms with Gasteiger partial charge in [0.1, 0.15) is 5.82 Å². The van der Waals surface area contributed by atoms with Crippen molar-refractivity contribution in [3.05, 3.63) is 28.4 Å². The number of carbonyl (C=O) groups excluding carboxylic acids is 1. The van der Waals surface area contributed by atoms with Crippen molar-refractivity contribution < 1.29 is 23.4 Å². The molecule has 5 nitrogen and oxygen atoms in total. The highest BCUT2D eigenvalue weighted by atomic mass is 79.9. The van der Waals surface area contributed by atoms with Crippen molar-refractivity contribution in [1.82, 2.24) is 4.98 Å². The summed E-state index contributed by atoms with van der Waals surface area (Å²) in [7, 11) is 0. The maximum Gasteiger partial charge on any atom is 0.331 e. The molecule has 0 spiro atoms. The van der Waals surface area contributed by atoms with Crippen LogP contribution >= 0.6 is 15.9 Å². The molecule has 1 heterocycles. The number of pyridine rings is 1. The molecule has 0 atom stereocenters. The zero-order chi connectivity index (χ0) is 17.9. The van der Waals surface area contributed by atoms with Crippen molar-refractivity contribution in [2.75, 3.05) is 11.9 Å². The summed E-state index contributed by atoms with van der Waals surface area (Å²) in [4.78, 5) is 15.7. The maximum absolute atomic E-state index is 13.5. The van der Waals surface area contributed by atoms with Gasteiger partial charge in [0.2, 0.25) is 0 Å². The molecule has 0 aliphatic heterocycles. The Balaban J connectivity index is 2.32. The number of esters is 1. The number of allylic oxidation sites excluding steroid dienone is 1. The molecule has 0 unspecified atom stereocenters. The highest BCUT2D eigenvalue weighted by molar-refractivity contribution is 9.10. The van der Waals surface area contributed by atoms with E-state index < -0.39 is 23.6 Å². The topological polar surface area (TPSA) is 71.5 Å². The van der Waals surface area contributed by atoms with Gasteiger partial charge in [0.05, 0.1) is 12.2 Å². The van der Waals surface area contributed by atoms with Crippen LogP contribution in [-0.4, -0.2) is 40.7 Å². The maximum atomic E-state index is 13.5. The SMILES string of the molecule is CCOC(=O)C=C(c1cc(Br)cnc1N[C@H]1C[C@@](C)(O)C1)C(F)F. The van der Waals surface area contributed by atoms with Crippen LogP contribution in [0.5, 0.6) is 0 Å². The lowest BCUT2D eigenvalue weighted by molar-refractivity contribution is -0.137. The van der Waals surface area contributed by atoms with E-state index in [-0.39, 0.29) is 24.0 Å². The molecule has 132 valence electrons. The number of anilines is 1. The van der Waals surface area contributed by atoms with E-state index >= 15 is 0 Å². The predicted octanol–water partition coefficient (Wildman–Crippen LogP) is 3.38. The second-order valence-corrected chi connectivity index (χ2v) is 6.86. The molecule has 24 heavy (non-hydrogen) atoms. The molecular weight excluding hydrogens is 386 g/mol. The van der Waals surface area contributed by atoms with Crippen molar-refractivity contribution >= 4 is 33.3 Å². The van der Waals surface area contributed by atoms with Crippen LogP contribution in [0.25, 0.3) is 5.57 Å². The molecule has 0 bridgehead atoms. The summed E-state index contributed by atoms with van der Waals surface area (Å²) in [5, 5.41) is 12.8. The minimum absolute atomic E-state index is 0.0612. The third-order valence-electron chi connectivity index (χ3n) is 3.67. The van der Waals surface area contributed by atoms with Crippen LogP contribution in [0.3, 0.4) is 0 Å². The van der Waals surface area contributed by atoms with Gasteiger partial charge in [0, 0.05) is 33.9 Å². The zero-order valence-corrected chi connectivity index (χ0v) is 14.9. The number of halogens is 3. The Morgan fingerprint density at radius 2 is 2.29 bits per heavy atom. The number of aliphatic hydroxyl groups is 1. The van der Waals surface area contributed by atoms with Crippen LogP contribution in [0.4, 0.5) is 14.6 Å². The third-order valence-corrected chi connectivity index (χ3v) is 4.11. The van der Waals surface area contributed by atoms with Gasteiger partial charge in [-0.05, 0) is 48.7 Å². The average molecular weight is 405 g/mol. The Hall–Kier alpha value is -1.54. The summed E-state index contributed by atoms with van der Waals surface area (Å²) in [5.41, 5.74) is -1.09. The van der Waals surface area contributed by atoms with Gasteiger partial charge in [-0.25, -0.2) is 18.6 Å². The van der Waals surface area contributed by atoms with Crippen LogP contribution in [0.15, 0.2) is 22.8 Å². The molecule has 2 rings (SSSR count). The molecule has 1 aliphatic rings. The Morgan fingerprint density at radius 1 is 1.62 bits per heavy atom. The van der Waals surface area contributed by atoms with Crippen LogP contribution in [-0.2, 0) is 9.53 Å². The van der Waals surface area contributed by atoms with Gasteiger partial charge in [-0.15, -0.1) is 0 Å². The fraction of sp³-hybridized carbons (Fsp3) is 0.500. The molecule has 2 N–H and O–H groups in total. The van der Waals surface area contributed by atoms with Crippen molar-refractivity contribution in [2.24, 2.45) is 0 Å². The molecule has 1 aliphatic carbocycles. The van der Waals surface area contributed by atoms with Crippen molar-refractivity contribution in [1.29, 1.82) is 0 Å². The van der Waals surface area contributed by atoms with E-state index in [2.05, 4.69) is 26.2 Å². The number of hydrogen-bond acceptors (Lipinski definition) is 5. The van der Waals surface area contributed by atoms with E-state index in [1.807, 2.05) is 0 Å². The van der Waals surface area contributed by atoms with Crippen LogP contribution < -0.4 is 5.32 Å². The summed E-state index contributed by atoms with van der Waals surface area (Å²) in [5.74, 6) is -0.583. The molecular formula is C16H19BrF2N2O3.